The summed E-state index contributed by atoms with van der Waals surface area (Å²) in [5.74, 6) is 0. The molecule has 0 aromatic heterocycles. The Kier molecular flexibility index (Phi) is 6.76. The third-order valence-electron chi connectivity index (χ3n) is 7.88. The van der Waals surface area contributed by atoms with Gasteiger partial charge in [-0.1, -0.05) is 122 Å². The van der Waals surface area contributed by atoms with Crippen LogP contribution in [0.2, 0.25) is 0 Å². The highest BCUT2D eigenvalue weighted by Crippen LogP contribution is 2.42. The van der Waals surface area contributed by atoms with Crippen molar-refractivity contribution in [2.24, 2.45) is 0 Å². The summed E-state index contributed by atoms with van der Waals surface area (Å²) in [4.78, 5) is 0. The lowest BCUT2D eigenvalue weighted by molar-refractivity contribution is 1.57. The van der Waals surface area contributed by atoms with Crippen LogP contribution in [0.3, 0.4) is 0 Å². The second-order valence-corrected chi connectivity index (χ2v) is 10.1. The number of fused-ring (bicyclic) bond motifs is 4. The van der Waals surface area contributed by atoms with Crippen LogP contribution in [0.5, 0.6) is 0 Å². The lowest BCUT2D eigenvalue weighted by atomic mass is 9.85. The molecule has 0 N–H and O–H groups in total. The molecular weight excluding hydrogens is 480 g/mol. The van der Waals surface area contributed by atoms with Crippen molar-refractivity contribution in [3.05, 3.63) is 151 Å². The maximum Gasteiger partial charge on any atom is -0.00923 e. The number of hydrogen-bond acceptors (Lipinski definition) is 0. The minimum Gasteiger partial charge on any atom is -0.0984 e. The van der Waals surface area contributed by atoms with Gasteiger partial charge < -0.3 is 0 Å². The standard InChI is InChI=1S/C40H32/c1-5-14-27(6-2)29-17-13-18-31(23-29)38-26-39-34(8-4)33(7-3)37(25-40(39)36-20-12-11-19-35(36)38)32-22-21-28-15-9-10-16-30(28)24-32/h5-26H,3-4H2,1-2H3/b14-5-,27-6+. The number of rotatable bonds is 6. The Labute approximate surface area is 236 Å². The Morgan fingerprint density at radius 2 is 1.25 bits per heavy atom. The van der Waals surface area contributed by atoms with Gasteiger partial charge in [0.2, 0.25) is 0 Å². The Morgan fingerprint density at radius 3 is 2.00 bits per heavy atom. The molecule has 0 radical (unpaired) electrons. The molecule has 0 bridgehead atoms. The first-order valence-electron chi connectivity index (χ1n) is 13.8. The van der Waals surface area contributed by atoms with Crippen molar-refractivity contribution < 1.29 is 0 Å². The van der Waals surface area contributed by atoms with E-state index in [0.29, 0.717) is 0 Å². The number of hydrogen-bond donors (Lipinski definition) is 0. The van der Waals surface area contributed by atoms with Crippen LogP contribution in [0.15, 0.2) is 135 Å². The largest absolute Gasteiger partial charge is 0.0984 e. The normalized spacial score (nSPS) is 12.0. The zero-order chi connectivity index (χ0) is 27.6. The molecule has 0 spiro atoms. The van der Waals surface area contributed by atoms with E-state index in [0.717, 1.165) is 11.1 Å². The summed E-state index contributed by atoms with van der Waals surface area (Å²) >= 11 is 0. The first kappa shape index (κ1) is 25.3. The monoisotopic (exact) mass is 512 g/mol. The highest BCUT2D eigenvalue weighted by atomic mass is 14.2. The molecule has 0 saturated heterocycles. The van der Waals surface area contributed by atoms with Crippen molar-refractivity contribution >= 4 is 50.0 Å². The lowest BCUT2D eigenvalue weighted by Gasteiger charge is -2.18. The van der Waals surface area contributed by atoms with Gasteiger partial charge in [0, 0.05) is 0 Å². The Balaban J connectivity index is 1.67. The molecule has 0 aliphatic heterocycles. The Bertz CT molecular complexity index is 2000. The van der Waals surface area contributed by atoms with Crippen molar-refractivity contribution in [2.75, 3.05) is 0 Å². The van der Waals surface area contributed by atoms with E-state index in [1.165, 1.54) is 65.7 Å². The van der Waals surface area contributed by atoms with Gasteiger partial charge in [-0.05, 0) is 115 Å². The van der Waals surface area contributed by atoms with Crippen molar-refractivity contribution in [2.45, 2.75) is 13.8 Å². The van der Waals surface area contributed by atoms with Crippen LogP contribution in [-0.4, -0.2) is 0 Å². The van der Waals surface area contributed by atoms with Gasteiger partial charge in [0.1, 0.15) is 0 Å². The highest BCUT2D eigenvalue weighted by molar-refractivity contribution is 6.17. The average molecular weight is 513 g/mol. The first-order valence-corrected chi connectivity index (χ1v) is 13.8. The number of allylic oxidation sites excluding steroid dienone is 4. The molecule has 6 rings (SSSR count). The molecule has 0 heterocycles. The first-order chi connectivity index (χ1) is 19.7. The summed E-state index contributed by atoms with van der Waals surface area (Å²) in [5, 5.41) is 7.36. The maximum absolute atomic E-state index is 4.26. The van der Waals surface area contributed by atoms with E-state index in [1.807, 2.05) is 12.2 Å². The van der Waals surface area contributed by atoms with Crippen LogP contribution in [-0.2, 0) is 0 Å². The predicted octanol–water partition coefficient (Wildman–Crippen LogP) is 11.7. The molecule has 192 valence electrons. The van der Waals surface area contributed by atoms with Crippen LogP contribution >= 0.6 is 0 Å². The summed E-state index contributed by atoms with van der Waals surface area (Å²) in [7, 11) is 0. The Morgan fingerprint density at radius 1 is 0.550 bits per heavy atom. The zero-order valence-corrected chi connectivity index (χ0v) is 23.1. The van der Waals surface area contributed by atoms with Gasteiger partial charge in [-0.15, -0.1) is 0 Å². The molecule has 0 heteroatoms. The van der Waals surface area contributed by atoms with Gasteiger partial charge >= 0.3 is 0 Å². The van der Waals surface area contributed by atoms with E-state index in [4.69, 9.17) is 0 Å². The van der Waals surface area contributed by atoms with E-state index < -0.39 is 0 Å². The molecule has 0 aliphatic carbocycles. The van der Waals surface area contributed by atoms with Crippen LogP contribution in [0.4, 0.5) is 0 Å². The molecule has 0 nitrogen and oxygen atoms in total. The minimum atomic E-state index is 1.11. The highest BCUT2D eigenvalue weighted by Gasteiger charge is 2.16. The molecule has 0 unspecified atom stereocenters. The SMILES string of the molecule is C=Cc1c(-c2ccc3ccccc3c2)cc2c(cc(-c3cccc(C(/C=C\C)=C/C)c3)c3ccccc32)c1C=C. The van der Waals surface area contributed by atoms with E-state index in [-0.39, 0.29) is 0 Å². The third kappa shape index (κ3) is 4.28. The van der Waals surface area contributed by atoms with Crippen molar-refractivity contribution in [1.82, 2.24) is 0 Å². The van der Waals surface area contributed by atoms with Gasteiger partial charge in [0.05, 0.1) is 0 Å². The molecule has 6 aromatic rings. The van der Waals surface area contributed by atoms with Crippen LogP contribution in [0.25, 0.3) is 72.3 Å². The second-order valence-electron chi connectivity index (χ2n) is 10.1. The summed E-state index contributed by atoms with van der Waals surface area (Å²) in [6, 6.07) is 37.5. The van der Waals surface area contributed by atoms with Gasteiger partial charge in [0.15, 0.2) is 0 Å². The fraction of sp³-hybridized carbons (Fsp3) is 0.0500. The Hall–Kier alpha value is -4.94. The zero-order valence-electron chi connectivity index (χ0n) is 23.1. The minimum absolute atomic E-state index is 1.11. The van der Waals surface area contributed by atoms with Gasteiger partial charge in [0.25, 0.3) is 0 Å². The smallest absolute Gasteiger partial charge is 0.00923 e. The summed E-state index contributed by atoms with van der Waals surface area (Å²) in [6.45, 7) is 12.6. The molecule has 0 saturated carbocycles. The fourth-order valence-corrected chi connectivity index (χ4v) is 5.97. The van der Waals surface area contributed by atoms with Crippen LogP contribution in [0, 0.1) is 0 Å². The molecule has 0 amide bonds. The lowest BCUT2D eigenvalue weighted by Crippen LogP contribution is -1.94. The summed E-state index contributed by atoms with van der Waals surface area (Å²) in [5.41, 5.74) is 9.43. The van der Waals surface area contributed by atoms with E-state index in [1.54, 1.807) is 0 Å². The summed E-state index contributed by atoms with van der Waals surface area (Å²) in [6.07, 6.45) is 10.4. The number of benzene rings is 6. The van der Waals surface area contributed by atoms with Gasteiger partial charge in [-0.3, -0.25) is 0 Å². The van der Waals surface area contributed by atoms with Crippen molar-refractivity contribution in [1.29, 1.82) is 0 Å². The molecule has 6 aromatic carbocycles. The van der Waals surface area contributed by atoms with E-state index in [2.05, 4.69) is 148 Å². The average Bonchev–Trinajstić information content (AvgIpc) is 3.02. The van der Waals surface area contributed by atoms with Crippen LogP contribution in [0.1, 0.15) is 30.5 Å². The maximum atomic E-state index is 4.26. The fourth-order valence-electron chi connectivity index (χ4n) is 5.97. The molecule has 0 aliphatic rings. The van der Waals surface area contributed by atoms with Gasteiger partial charge in [-0.25, -0.2) is 0 Å². The quantitative estimate of drug-likeness (QED) is 0.154. The third-order valence-corrected chi connectivity index (χ3v) is 7.88. The topological polar surface area (TPSA) is 0 Å². The van der Waals surface area contributed by atoms with E-state index >= 15 is 0 Å². The molecule has 0 fully saturated rings. The van der Waals surface area contributed by atoms with Crippen molar-refractivity contribution in [3.8, 4) is 22.3 Å². The molecule has 0 atom stereocenters. The van der Waals surface area contributed by atoms with Crippen LogP contribution < -0.4 is 0 Å². The van der Waals surface area contributed by atoms with Crippen molar-refractivity contribution in [3.63, 3.8) is 0 Å². The summed E-state index contributed by atoms with van der Waals surface area (Å²) < 4.78 is 0. The van der Waals surface area contributed by atoms with Gasteiger partial charge in [-0.2, -0.15) is 0 Å². The molecule has 40 heavy (non-hydrogen) atoms. The predicted molar refractivity (Wildman–Crippen MR) is 178 cm³/mol. The van der Waals surface area contributed by atoms with E-state index in [9.17, 15) is 0 Å². The molecular formula is C40H32. The second kappa shape index (κ2) is 10.7.